The largest absolute Gasteiger partial charge is 0.399 e. The Hall–Kier alpha value is -1.22. The first kappa shape index (κ1) is 13.8. The highest BCUT2D eigenvalue weighted by Crippen LogP contribution is 2.28. The lowest BCUT2D eigenvalue weighted by atomic mass is 10.0. The molecule has 96 valence electrons. The third-order valence-corrected chi connectivity index (χ3v) is 2.90. The first-order chi connectivity index (χ1) is 8.19. The van der Waals surface area contributed by atoms with Crippen LogP contribution in [0.4, 0.5) is 11.4 Å². The number of unbranched alkanes of at least 4 members (excludes halogenated alkanes) is 2. The number of benzene rings is 1. The van der Waals surface area contributed by atoms with E-state index in [-0.39, 0.29) is 6.10 Å². The Bertz CT molecular complexity index is 339. The van der Waals surface area contributed by atoms with Gasteiger partial charge in [-0.1, -0.05) is 32.8 Å². The fraction of sp³-hybridized carbons (Fsp3) is 0.571. The first-order valence-electron chi connectivity index (χ1n) is 6.45. The molecule has 0 heterocycles. The number of nitrogen functional groups attached to an aromatic ring is 2. The summed E-state index contributed by atoms with van der Waals surface area (Å²) in [6, 6.07) is 5.65. The summed E-state index contributed by atoms with van der Waals surface area (Å²) in [5.74, 6) is 0. The van der Waals surface area contributed by atoms with Crippen molar-refractivity contribution in [2.75, 3.05) is 18.1 Å². The van der Waals surface area contributed by atoms with Crippen molar-refractivity contribution in [3.8, 4) is 0 Å². The van der Waals surface area contributed by atoms with E-state index in [4.69, 9.17) is 16.2 Å². The molecule has 0 radical (unpaired) electrons. The predicted octanol–water partition coefficient (Wildman–Crippen LogP) is 3.51. The summed E-state index contributed by atoms with van der Waals surface area (Å²) in [5.41, 5.74) is 14.1. The molecule has 0 aliphatic rings. The number of ether oxygens (including phenoxy) is 1. The van der Waals surface area contributed by atoms with Crippen molar-refractivity contribution in [2.45, 2.75) is 45.6 Å². The Kier molecular flexibility index (Phi) is 5.84. The normalized spacial score (nSPS) is 12.6. The van der Waals surface area contributed by atoms with Crippen LogP contribution in [0.15, 0.2) is 18.2 Å². The Morgan fingerprint density at radius 2 is 1.94 bits per heavy atom. The second-order valence-corrected chi connectivity index (χ2v) is 4.36. The van der Waals surface area contributed by atoms with E-state index in [9.17, 15) is 0 Å². The number of nitrogens with two attached hydrogens (primary N) is 2. The quantitative estimate of drug-likeness (QED) is 0.562. The summed E-state index contributed by atoms with van der Waals surface area (Å²) < 4.78 is 5.88. The van der Waals surface area contributed by atoms with E-state index in [1.165, 1.54) is 12.8 Å². The Labute approximate surface area is 104 Å². The molecule has 3 nitrogen and oxygen atoms in total. The minimum absolute atomic E-state index is 0.0902. The molecular formula is C14H24N2O. The average Bonchev–Trinajstić information content (AvgIpc) is 2.31. The zero-order valence-corrected chi connectivity index (χ0v) is 10.9. The third kappa shape index (κ3) is 4.27. The zero-order valence-electron chi connectivity index (χ0n) is 10.9. The van der Waals surface area contributed by atoms with Crippen LogP contribution < -0.4 is 11.5 Å². The Morgan fingerprint density at radius 1 is 1.18 bits per heavy atom. The smallest absolute Gasteiger partial charge is 0.0842 e. The summed E-state index contributed by atoms with van der Waals surface area (Å²) in [5, 5.41) is 0. The molecule has 0 fully saturated rings. The first-order valence-corrected chi connectivity index (χ1v) is 6.45. The molecule has 0 bridgehead atoms. The van der Waals surface area contributed by atoms with E-state index in [0.717, 1.165) is 30.7 Å². The molecule has 0 aliphatic heterocycles. The van der Waals surface area contributed by atoms with Gasteiger partial charge in [0.2, 0.25) is 0 Å². The van der Waals surface area contributed by atoms with Crippen LogP contribution >= 0.6 is 0 Å². The van der Waals surface area contributed by atoms with Gasteiger partial charge in [0.15, 0.2) is 0 Å². The third-order valence-electron chi connectivity index (χ3n) is 2.90. The van der Waals surface area contributed by atoms with Gasteiger partial charge in [0, 0.05) is 23.5 Å². The van der Waals surface area contributed by atoms with Gasteiger partial charge in [-0.15, -0.1) is 0 Å². The lowest BCUT2D eigenvalue weighted by Crippen LogP contribution is -2.08. The molecule has 3 heteroatoms. The molecule has 4 N–H and O–H groups in total. The maximum Gasteiger partial charge on any atom is 0.0842 e. The van der Waals surface area contributed by atoms with Crippen LogP contribution in [0.2, 0.25) is 0 Å². The molecule has 0 spiro atoms. The second-order valence-electron chi connectivity index (χ2n) is 4.36. The van der Waals surface area contributed by atoms with Crippen molar-refractivity contribution < 1.29 is 4.74 Å². The van der Waals surface area contributed by atoms with Crippen LogP contribution in [-0.2, 0) is 4.74 Å². The van der Waals surface area contributed by atoms with E-state index in [2.05, 4.69) is 13.8 Å². The molecular weight excluding hydrogens is 212 g/mol. The molecule has 0 saturated heterocycles. The molecule has 1 rings (SSSR count). The van der Waals surface area contributed by atoms with Gasteiger partial charge in [-0.2, -0.15) is 0 Å². The van der Waals surface area contributed by atoms with Crippen molar-refractivity contribution in [1.29, 1.82) is 0 Å². The maximum atomic E-state index is 5.97. The number of hydrogen-bond acceptors (Lipinski definition) is 3. The summed E-state index contributed by atoms with van der Waals surface area (Å²) in [7, 11) is 0. The van der Waals surface area contributed by atoms with Crippen LogP contribution in [0.5, 0.6) is 0 Å². The molecule has 0 aliphatic carbocycles. The van der Waals surface area contributed by atoms with E-state index in [1.54, 1.807) is 6.07 Å². The molecule has 0 saturated carbocycles. The lowest BCUT2D eigenvalue weighted by molar-refractivity contribution is 0.0480. The molecule has 1 unspecified atom stereocenters. The van der Waals surface area contributed by atoms with Crippen LogP contribution in [0, 0.1) is 0 Å². The van der Waals surface area contributed by atoms with Gasteiger partial charge in [0.05, 0.1) is 6.10 Å². The van der Waals surface area contributed by atoms with Gasteiger partial charge in [-0.25, -0.2) is 0 Å². The standard InChI is InChI=1S/C14H24N2O/c1-3-5-6-9-17-14(4-2)12-8-7-11(15)10-13(12)16/h7-8,10,14H,3-6,9,15-16H2,1-2H3. The molecule has 0 amide bonds. The highest BCUT2D eigenvalue weighted by atomic mass is 16.5. The molecule has 17 heavy (non-hydrogen) atoms. The van der Waals surface area contributed by atoms with E-state index >= 15 is 0 Å². The zero-order chi connectivity index (χ0) is 12.7. The monoisotopic (exact) mass is 236 g/mol. The van der Waals surface area contributed by atoms with Crippen molar-refractivity contribution in [3.05, 3.63) is 23.8 Å². The summed E-state index contributed by atoms with van der Waals surface area (Å²) in [6.45, 7) is 5.10. The highest BCUT2D eigenvalue weighted by Gasteiger charge is 2.12. The van der Waals surface area contributed by atoms with Gasteiger partial charge in [0.1, 0.15) is 0 Å². The van der Waals surface area contributed by atoms with Crippen molar-refractivity contribution in [1.82, 2.24) is 0 Å². The van der Waals surface area contributed by atoms with E-state index in [1.807, 2.05) is 12.1 Å². The molecule has 0 aromatic heterocycles. The second kappa shape index (κ2) is 7.17. The van der Waals surface area contributed by atoms with Gasteiger partial charge < -0.3 is 16.2 Å². The maximum absolute atomic E-state index is 5.97. The number of rotatable bonds is 7. The van der Waals surface area contributed by atoms with Crippen molar-refractivity contribution >= 4 is 11.4 Å². The van der Waals surface area contributed by atoms with Crippen LogP contribution in [0.25, 0.3) is 0 Å². The van der Waals surface area contributed by atoms with E-state index < -0.39 is 0 Å². The van der Waals surface area contributed by atoms with Gasteiger partial charge in [-0.05, 0) is 25.0 Å². The topological polar surface area (TPSA) is 61.3 Å². The minimum Gasteiger partial charge on any atom is -0.399 e. The predicted molar refractivity (Wildman–Crippen MR) is 73.8 cm³/mol. The van der Waals surface area contributed by atoms with Gasteiger partial charge in [-0.3, -0.25) is 0 Å². The summed E-state index contributed by atoms with van der Waals surface area (Å²) >= 11 is 0. The number of hydrogen-bond donors (Lipinski definition) is 2. The van der Waals surface area contributed by atoms with Gasteiger partial charge >= 0.3 is 0 Å². The number of anilines is 2. The SMILES string of the molecule is CCCCCOC(CC)c1ccc(N)cc1N. The van der Waals surface area contributed by atoms with E-state index in [0.29, 0.717) is 5.69 Å². The summed E-state index contributed by atoms with van der Waals surface area (Å²) in [4.78, 5) is 0. The van der Waals surface area contributed by atoms with Crippen LogP contribution in [0.1, 0.15) is 51.2 Å². The molecule has 1 atom stereocenters. The Morgan fingerprint density at radius 3 is 2.53 bits per heavy atom. The fourth-order valence-electron chi connectivity index (χ4n) is 1.89. The van der Waals surface area contributed by atoms with Crippen molar-refractivity contribution in [3.63, 3.8) is 0 Å². The highest BCUT2D eigenvalue weighted by molar-refractivity contribution is 5.57. The molecule has 1 aromatic carbocycles. The minimum atomic E-state index is 0.0902. The van der Waals surface area contributed by atoms with Crippen LogP contribution in [0.3, 0.4) is 0 Å². The average molecular weight is 236 g/mol. The van der Waals surface area contributed by atoms with Crippen LogP contribution in [-0.4, -0.2) is 6.61 Å². The lowest BCUT2D eigenvalue weighted by Gasteiger charge is -2.18. The fourth-order valence-corrected chi connectivity index (χ4v) is 1.89. The molecule has 1 aromatic rings. The Balaban J connectivity index is 2.59. The van der Waals surface area contributed by atoms with Crippen molar-refractivity contribution in [2.24, 2.45) is 0 Å². The van der Waals surface area contributed by atoms with Gasteiger partial charge in [0.25, 0.3) is 0 Å². The summed E-state index contributed by atoms with van der Waals surface area (Å²) in [6.07, 6.45) is 4.56.